The van der Waals surface area contributed by atoms with Crippen LogP contribution in [0.15, 0.2) is 64.5 Å². The van der Waals surface area contributed by atoms with Crippen LogP contribution >= 0.6 is 11.8 Å². The number of amides is 1. The number of benzene rings is 2. The van der Waals surface area contributed by atoms with Crippen LogP contribution in [0.1, 0.15) is 19.8 Å². The van der Waals surface area contributed by atoms with Gasteiger partial charge in [-0.1, -0.05) is 42.1 Å². The van der Waals surface area contributed by atoms with Gasteiger partial charge in [-0.2, -0.15) is 0 Å². The van der Waals surface area contributed by atoms with Crippen LogP contribution in [0.2, 0.25) is 0 Å². The van der Waals surface area contributed by atoms with Gasteiger partial charge in [0.2, 0.25) is 5.91 Å². The normalized spacial score (nSPS) is 17.2. The highest BCUT2D eigenvalue weighted by Crippen LogP contribution is 2.26. The first-order valence-electron chi connectivity index (χ1n) is 10.1. The monoisotopic (exact) mass is 423 g/mol. The summed E-state index contributed by atoms with van der Waals surface area (Å²) in [4.78, 5) is 32.6. The second kappa shape index (κ2) is 9.02. The van der Waals surface area contributed by atoms with E-state index in [1.165, 1.54) is 11.8 Å². The van der Waals surface area contributed by atoms with Gasteiger partial charge in [0.25, 0.3) is 5.56 Å². The van der Waals surface area contributed by atoms with Gasteiger partial charge in [-0.3, -0.25) is 14.2 Å². The zero-order valence-electron chi connectivity index (χ0n) is 17.2. The molecule has 6 nitrogen and oxygen atoms in total. The molecule has 2 aromatic carbocycles. The lowest BCUT2D eigenvalue weighted by atomic mass is 10.2. The molecule has 1 aromatic heterocycles. The molecule has 1 aliphatic heterocycles. The largest absolute Gasteiger partial charge is 0.376 e. The Bertz CT molecular complexity index is 1090. The van der Waals surface area contributed by atoms with E-state index >= 15 is 0 Å². The Balaban J connectivity index is 1.64. The predicted molar refractivity (Wildman–Crippen MR) is 120 cm³/mol. The van der Waals surface area contributed by atoms with Gasteiger partial charge in [0, 0.05) is 19.3 Å². The molecule has 1 aliphatic rings. The number of aromatic nitrogens is 2. The van der Waals surface area contributed by atoms with Crippen molar-refractivity contribution in [3.8, 4) is 0 Å². The Hall–Kier alpha value is -2.64. The van der Waals surface area contributed by atoms with Crippen molar-refractivity contribution in [1.29, 1.82) is 0 Å². The number of nitrogens with zero attached hydrogens (tertiary/aromatic N) is 3. The predicted octanol–water partition coefficient (Wildman–Crippen LogP) is 3.72. The highest BCUT2D eigenvalue weighted by Gasteiger charge is 2.25. The summed E-state index contributed by atoms with van der Waals surface area (Å²) >= 11 is 1.32. The molecule has 2 atom stereocenters. The number of carbonyl (C=O) groups excluding carboxylic acids is 1. The van der Waals surface area contributed by atoms with E-state index in [0.29, 0.717) is 22.6 Å². The number of para-hydroxylation sites is 2. The third kappa shape index (κ3) is 4.27. The first-order chi connectivity index (χ1) is 14.5. The van der Waals surface area contributed by atoms with Crippen molar-refractivity contribution >= 4 is 34.3 Å². The van der Waals surface area contributed by atoms with Gasteiger partial charge in [-0.15, -0.1) is 0 Å². The fourth-order valence-corrected chi connectivity index (χ4v) is 4.66. The van der Waals surface area contributed by atoms with E-state index in [9.17, 15) is 9.59 Å². The molecule has 0 radical (unpaired) electrons. The maximum atomic E-state index is 13.2. The van der Waals surface area contributed by atoms with Crippen LogP contribution in [0.5, 0.6) is 0 Å². The second-order valence-electron chi connectivity index (χ2n) is 7.46. The van der Waals surface area contributed by atoms with Crippen LogP contribution in [-0.4, -0.2) is 40.5 Å². The quantitative estimate of drug-likeness (QED) is 0.447. The van der Waals surface area contributed by atoms with Crippen molar-refractivity contribution in [3.63, 3.8) is 0 Å². The topological polar surface area (TPSA) is 64.4 Å². The number of rotatable bonds is 6. The molecule has 30 heavy (non-hydrogen) atoms. The zero-order chi connectivity index (χ0) is 21.1. The van der Waals surface area contributed by atoms with Gasteiger partial charge in [-0.25, -0.2) is 4.98 Å². The lowest BCUT2D eigenvalue weighted by Crippen LogP contribution is -2.34. The fraction of sp³-hybridized carbons (Fsp3) is 0.348. The number of anilines is 1. The third-order valence-corrected chi connectivity index (χ3v) is 6.42. The summed E-state index contributed by atoms with van der Waals surface area (Å²) in [5.74, 6) is -0.0442. The molecule has 1 amide bonds. The molecule has 2 heterocycles. The third-order valence-electron chi connectivity index (χ3n) is 5.34. The Kier molecular flexibility index (Phi) is 6.20. The van der Waals surface area contributed by atoms with E-state index in [2.05, 4.69) is 0 Å². The molecule has 156 valence electrons. The summed E-state index contributed by atoms with van der Waals surface area (Å²) in [5, 5.41) is 0.732. The molecule has 0 aliphatic carbocycles. The average molecular weight is 424 g/mol. The van der Waals surface area contributed by atoms with Crippen molar-refractivity contribution in [2.45, 2.75) is 42.8 Å². The number of hydrogen-bond donors (Lipinski definition) is 0. The van der Waals surface area contributed by atoms with E-state index in [1.807, 2.05) is 55.5 Å². The fourth-order valence-electron chi connectivity index (χ4n) is 3.65. The van der Waals surface area contributed by atoms with Crippen LogP contribution in [-0.2, 0) is 16.1 Å². The van der Waals surface area contributed by atoms with Gasteiger partial charge in [0.15, 0.2) is 5.16 Å². The standard InChI is InChI=1S/C23H25N3O3S/c1-16(21(27)25(2)17-9-4-3-5-10-17)30-23-24-20-13-7-6-12-19(20)22(28)26(23)15-18-11-8-14-29-18/h3-7,9-10,12-13,16,18H,8,11,14-15H2,1-2H3/t16-,18-/m1/s1. The molecule has 0 bridgehead atoms. The van der Waals surface area contributed by atoms with Crippen LogP contribution in [0.4, 0.5) is 5.69 Å². The van der Waals surface area contributed by atoms with Crippen LogP contribution in [0.25, 0.3) is 10.9 Å². The number of thioether (sulfide) groups is 1. The molecule has 0 spiro atoms. The maximum Gasteiger partial charge on any atom is 0.262 e. The zero-order valence-corrected chi connectivity index (χ0v) is 18.0. The van der Waals surface area contributed by atoms with Crippen LogP contribution < -0.4 is 10.5 Å². The van der Waals surface area contributed by atoms with Gasteiger partial charge < -0.3 is 9.64 Å². The first kappa shape index (κ1) is 20.6. The maximum absolute atomic E-state index is 13.2. The second-order valence-corrected chi connectivity index (χ2v) is 8.76. The molecule has 1 saturated heterocycles. The van der Waals surface area contributed by atoms with E-state index in [4.69, 9.17) is 9.72 Å². The van der Waals surface area contributed by atoms with E-state index in [-0.39, 0.29) is 17.6 Å². The summed E-state index contributed by atoms with van der Waals surface area (Å²) < 4.78 is 7.43. The molecular weight excluding hydrogens is 398 g/mol. The van der Waals surface area contributed by atoms with Gasteiger partial charge in [0.05, 0.1) is 28.8 Å². The van der Waals surface area contributed by atoms with E-state index < -0.39 is 5.25 Å². The lowest BCUT2D eigenvalue weighted by Gasteiger charge is -2.22. The van der Waals surface area contributed by atoms with Crippen molar-refractivity contribution in [1.82, 2.24) is 9.55 Å². The van der Waals surface area contributed by atoms with Crippen molar-refractivity contribution < 1.29 is 9.53 Å². The molecule has 0 N–H and O–H groups in total. The Morgan fingerprint density at radius 3 is 2.70 bits per heavy atom. The highest BCUT2D eigenvalue weighted by molar-refractivity contribution is 8.00. The van der Waals surface area contributed by atoms with Gasteiger partial charge >= 0.3 is 0 Å². The number of hydrogen-bond acceptors (Lipinski definition) is 5. The lowest BCUT2D eigenvalue weighted by molar-refractivity contribution is -0.117. The average Bonchev–Trinajstić information content (AvgIpc) is 3.29. The smallest absolute Gasteiger partial charge is 0.262 e. The SMILES string of the molecule is C[C@@H](Sc1nc2ccccc2c(=O)n1C[C@H]1CCCO1)C(=O)N(C)c1ccccc1. The minimum atomic E-state index is -0.404. The van der Waals surface area contributed by atoms with Crippen molar-refractivity contribution in [2.24, 2.45) is 0 Å². The molecule has 1 fully saturated rings. The first-order valence-corrected chi connectivity index (χ1v) is 11.0. The Labute approximate surface area is 179 Å². The number of fused-ring (bicyclic) bond motifs is 1. The van der Waals surface area contributed by atoms with E-state index in [0.717, 1.165) is 25.1 Å². The van der Waals surface area contributed by atoms with Gasteiger partial charge in [0.1, 0.15) is 0 Å². The van der Waals surface area contributed by atoms with Crippen molar-refractivity contribution in [3.05, 3.63) is 65.0 Å². The van der Waals surface area contributed by atoms with Gasteiger partial charge in [-0.05, 0) is 44.0 Å². The highest BCUT2D eigenvalue weighted by atomic mass is 32.2. The van der Waals surface area contributed by atoms with Crippen molar-refractivity contribution in [2.75, 3.05) is 18.6 Å². The molecule has 0 unspecified atom stereocenters. The summed E-state index contributed by atoms with van der Waals surface area (Å²) in [7, 11) is 1.77. The van der Waals surface area contributed by atoms with Crippen LogP contribution in [0, 0.1) is 0 Å². The number of carbonyl (C=O) groups is 1. The Morgan fingerprint density at radius 1 is 1.23 bits per heavy atom. The summed E-state index contributed by atoms with van der Waals surface area (Å²) in [6, 6.07) is 16.9. The van der Waals surface area contributed by atoms with Crippen LogP contribution in [0.3, 0.4) is 0 Å². The summed E-state index contributed by atoms with van der Waals surface area (Å²) in [6.45, 7) is 3.03. The molecule has 3 aromatic rings. The molecule has 4 rings (SSSR count). The summed E-state index contributed by atoms with van der Waals surface area (Å²) in [5.41, 5.74) is 1.39. The molecule has 0 saturated carbocycles. The minimum absolute atomic E-state index is 0.00279. The number of ether oxygens (including phenoxy) is 1. The van der Waals surface area contributed by atoms with E-state index in [1.54, 1.807) is 22.6 Å². The minimum Gasteiger partial charge on any atom is -0.376 e. The molecule has 7 heteroatoms. The summed E-state index contributed by atoms with van der Waals surface area (Å²) in [6.07, 6.45) is 1.93. The molecular formula is C23H25N3O3S. The Morgan fingerprint density at radius 2 is 1.97 bits per heavy atom.